The molecule has 0 saturated carbocycles. The third kappa shape index (κ3) is 5.00. The first-order valence-corrected chi connectivity index (χ1v) is 11.9. The molecule has 0 unspecified atom stereocenters. The molecule has 1 aliphatic heterocycles. The van der Waals surface area contributed by atoms with Gasteiger partial charge >= 0.3 is 6.18 Å². The fraction of sp³-hybridized carbons (Fsp3) is 0.346. The van der Waals surface area contributed by atoms with Crippen LogP contribution in [0.2, 0.25) is 0 Å². The molecular formula is C26H27F3N6. The number of para-hydroxylation sites is 1. The quantitative estimate of drug-likeness (QED) is 0.384. The van der Waals surface area contributed by atoms with Crippen molar-refractivity contribution < 1.29 is 13.2 Å². The minimum Gasteiger partial charge on any atom is -0.353 e. The first kappa shape index (κ1) is 23.3. The summed E-state index contributed by atoms with van der Waals surface area (Å²) in [6.07, 6.45) is -0.734. The molecule has 0 radical (unpaired) electrons. The molecule has 1 aliphatic rings. The predicted molar refractivity (Wildman–Crippen MR) is 130 cm³/mol. The van der Waals surface area contributed by atoms with Crippen LogP contribution in [-0.2, 0) is 19.1 Å². The largest absolute Gasteiger partial charge is 0.416 e. The van der Waals surface area contributed by atoms with Gasteiger partial charge in [-0.1, -0.05) is 37.3 Å². The average Bonchev–Trinajstić information content (AvgIpc) is 3.29. The first-order chi connectivity index (χ1) is 16.9. The highest BCUT2D eigenvalue weighted by Gasteiger charge is 2.30. The molecule has 6 nitrogen and oxygen atoms in total. The SMILES string of the molecule is CCCc1nc(N2CCN(Cc3ccc(C(F)(F)F)cc3)CC2)c2cnn(-c3ccccc3)c2n1. The van der Waals surface area contributed by atoms with E-state index in [1.807, 2.05) is 41.2 Å². The van der Waals surface area contributed by atoms with Crippen molar-refractivity contribution in [3.63, 3.8) is 0 Å². The van der Waals surface area contributed by atoms with Gasteiger partial charge in [-0.3, -0.25) is 4.90 Å². The molecule has 5 rings (SSSR count). The van der Waals surface area contributed by atoms with Crippen LogP contribution in [0.3, 0.4) is 0 Å². The second-order valence-corrected chi connectivity index (χ2v) is 8.80. The molecule has 2 aromatic heterocycles. The van der Waals surface area contributed by atoms with E-state index in [0.717, 1.165) is 85.1 Å². The summed E-state index contributed by atoms with van der Waals surface area (Å²) >= 11 is 0. The van der Waals surface area contributed by atoms with E-state index in [0.29, 0.717) is 6.54 Å². The smallest absolute Gasteiger partial charge is 0.353 e. The molecule has 1 saturated heterocycles. The van der Waals surface area contributed by atoms with Gasteiger partial charge in [-0.15, -0.1) is 0 Å². The highest BCUT2D eigenvalue weighted by molar-refractivity contribution is 5.88. The summed E-state index contributed by atoms with van der Waals surface area (Å²) in [5.41, 5.74) is 2.02. The van der Waals surface area contributed by atoms with Gasteiger partial charge in [0.05, 0.1) is 22.8 Å². The minimum absolute atomic E-state index is 0.613. The number of piperazine rings is 1. The van der Waals surface area contributed by atoms with Gasteiger partial charge in [0.15, 0.2) is 5.65 Å². The summed E-state index contributed by atoms with van der Waals surface area (Å²) in [5.74, 6) is 1.70. The maximum Gasteiger partial charge on any atom is 0.416 e. The van der Waals surface area contributed by atoms with Crippen molar-refractivity contribution in [3.05, 3.63) is 77.7 Å². The Labute approximate surface area is 202 Å². The van der Waals surface area contributed by atoms with Gasteiger partial charge in [0.2, 0.25) is 0 Å². The Hall–Kier alpha value is -3.46. The Bertz CT molecular complexity index is 1280. The molecule has 0 amide bonds. The predicted octanol–water partition coefficient (Wildman–Crippen LogP) is 5.11. The first-order valence-electron chi connectivity index (χ1n) is 11.9. The molecule has 0 spiro atoms. The van der Waals surface area contributed by atoms with Gasteiger partial charge in [-0.2, -0.15) is 18.3 Å². The summed E-state index contributed by atoms with van der Waals surface area (Å²) in [7, 11) is 0. The van der Waals surface area contributed by atoms with Crippen molar-refractivity contribution in [2.24, 2.45) is 0 Å². The molecule has 9 heteroatoms. The van der Waals surface area contributed by atoms with Crippen molar-refractivity contribution in [2.75, 3.05) is 31.1 Å². The van der Waals surface area contributed by atoms with E-state index in [1.165, 1.54) is 0 Å². The molecular weight excluding hydrogens is 453 g/mol. The summed E-state index contributed by atoms with van der Waals surface area (Å²) < 4.78 is 40.4. The molecule has 4 aromatic rings. The Balaban J connectivity index is 1.34. The topological polar surface area (TPSA) is 50.1 Å². The van der Waals surface area contributed by atoms with E-state index < -0.39 is 11.7 Å². The number of halogens is 3. The molecule has 0 atom stereocenters. The second-order valence-electron chi connectivity index (χ2n) is 8.80. The monoisotopic (exact) mass is 480 g/mol. The lowest BCUT2D eigenvalue weighted by molar-refractivity contribution is -0.137. The lowest BCUT2D eigenvalue weighted by Gasteiger charge is -2.35. The Morgan fingerprint density at radius 3 is 2.26 bits per heavy atom. The number of hydrogen-bond acceptors (Lipinski definition) is 5. The molecule has 35 heavy (non-hydrogen) atoms. The zero-order chi connectivity index (χ0) is 24.4. The van der Waals surface area contributed by atoms with Crippen LogP contribution in [0.1, 0.15) is 30.3 Å². The number of anilines is 1. The Morgan fingerprint density at radius 1 is 0.886 bits per heavy atom. The normalized spacial score (nSPS) is 15.1. The Morgan fingerprint density at radius 2 is 1.60 bits per heavy atom. The second kappa shape index (κ2) is 9.65. The number of aryl methyl sites for hydroxylation is 1. The Kier molecular flexibility index (Phi) is 6.42. The summed E-state index contributed by atoms with van der Waals surface area (Å²) in [6.45, 7) is 5.87. The van der Waals surface area contributed by atoms with E-state index in [2.05, 4.69) is 21.8 Å². The van der Waals surface area contributed by atoms with Crippen LogP contribution in [0, 0.1) is 0 Å². The number of aromatic nitrogens is 4. The van der Waals surface area contributed by atoms with Gasteiger partial charge in [-0.25, -0.2) is 14.6 Å². The van der Waals surface area contributed by atoms with Crippen LogP contribution in [0.5, 0.6) is 0 Å². The van der Waals surface area contributed by atoms with E-state index in [1.54, 1.807) is 12.1 Å². The van der Waals surface area contributed by atoms with Crippen LogP contribution in [0.4, 0.5) is 19.0 Å². The van der Waals surface area contributed by atoms with Crippen LogP contribution >= 0.6 is 0 Å². The van der Waals surface area contributed by atoms with Gasteiger partial charge in [0, 0.05) is 39.1 Å². The molecule has 0 N–H and O–H groups in total. The van der Waals surface area contributed by atoms with Crippen molar-refractivity contribution >= 4 is 16.9 Å². The highest BCUT2D eigenvalue weighted by atomic mass is 19.4. The van der Waals surface area contributed by atoms with Crippen molar-refractivity contribution in [2.45, 2.75) is 32.5 Å². The standard InChI is InChI=1S/C26H27F3N6/c1-2-6-23-31-24(22-17-30-35(25(22)32-23)21-7-4-3-5-8-21)34-15-13-33(14-16-34)18-19-9-11-20(12-10-19)26(27,28)29/h3-5,7-12,17H,2,6,13-16,18H2,1H3. The van der Waals surface area contributed by atoms with Crippen LogP contribution in [0.25, 0.3) is 16.7 Å². The summed E-state index contributed by atoms with van der Waals surface area (Å²) in [5, 5.41) is 5.54. The van der Waals surface area contributed by atoms with Crippen molar-refractivity contribution in [1.29, 1.82) is 0 Å². The third-order valence-electron chi connectivity index (χ3n) is 6.29. The van der Waals surface area contributed by atoms with Crippen molar-refractivity contribution in [3.8, 4) is 5.69 Å². The molecule has 0 bridgehead atoms. The third-order valence-corrected chi connectivity index (χ3v) is 6.29. The number of benzene rings is 2. The molecule has 3 heterocycles. The average molecular weight is 481 g/mol. The maximum atomic E-state index is 12.8. The number of nitrogens with zero attached hydrogens (tertiary/aromatic N) is 6. The van der Waals surface area contributed by atoms with Gasteiger partial charge < -0.3 is 4.90 Å². The lowest BCUT2D eigenvalue weighted by atomic mass is 10.1. The van der Waals surface area contributed by atoms with Gasteiger partial charge in [0.1, 0.15) is 11.6 Å². The zero-order valence-corrected chi connectivity index (χ0v) is 19.5. The molecule has 0 aliphatic carbocycles. The minimum atomic E-state index is -4.31. The number of fused-ring (bicyclic) bond motifs is 1. The number of alkyl halides is 3. The number of hydrogen-bond donors (Lipinski definition) is 0. The number of rotatable bonds is 6. The molecule has 182 valence electrons. The highest BCUT2D eigenvalue weighted by Crippen LogP contribution is 2.30. The van der Waals surface area contributed by atoms with Gasteiger partial charge in [-0.05, 0) is 36.2 Å². The maximum absolute atomic E-state index is 12.8. The van der Waals surface area contributed by atoms with E-state index in [4.69, 9.17) is 9.97 Å². The zero-order valence-electron chi connectivity index (χ0n) is 19.5. The van der Waals surface area contributed by atoms with Crippen LogP contribution in [-0.4, -0.2) is 50.8 Å². The van der Waals surface area contributed by atoms with E-state index >= 15 is 0 Å². The summed E-state index contributed by atoms with van der Waals surface area (Å²) in [4.78, 5) is 14.3. The van der Waals surface area contributed by atoms with E-state index in [9.17, 15) is 13.2 Å². The molecule has 1 fully saturated rings. The van der Waals surface area contributed by atoms with Crippen molar-refractivity contribution in [1.82, 2.24) is 24.6 Å². The lowest BCUT2D eigenvalue weighted by Crippen LogP contribution is -2.46. The van der Waals surface area contributed by atoms with Crippen LogP contribution in [0.15, 0.2) is 60.8 Å². The van der Waals surface area contributed by atoms with E-state index in [-0.39, 0.29) is 0 Å². The van der Waals surface area contributed by atoms with Gasteiger partial charge in [0.25, 0.3) is 0 Å². The fourth-order valence-corrected chi connectivity index (χ4v) is 4.45. The fourth-order valence-electron chi connectivity index (χ4n) is 4.45. The molecule has 2 aromatic carbocycles. The van der Waals surface area contributed by atoms with Crippen LogP contribution < -0.4 is 4.90 Å². The summed E-state index contributed by atoms with van der Waals surface area (Å²) in [6, 6.07) is 15.4.